The Kier molecular flexibility index (Phi) is 5.71. The van der Waals surface area contributed by atoms with Crippen LogP contribution in [0, 0.1) is 5.82 Å². The average molecular weight is 295 g/mol. The normalized spacial score (nSPS) is 17.2. The fourth-order valence-electron chi connectivity index (χ4n) is 2.55. The zero-order chi connectivity index (χ0) is 14.4. The summed E-state index contributed by atoms with van der Waals surface area (Å²) in [6.45, 7) is 0.286. The number of thioether (sulfide) groups is 1. The fourth-order valence-corrected chi connectivity index (χ4v) is 3.17. The lowest BCUT2D eigenvalue weighted by molar-refractivity contribution is 0.412. The van der Waals surface area contributed by atoms with E-state index < -0.39 is 0 Å². The van der Waals surface area contributed by atoms with Crippen LogP contribution in [0.25, 0.3) is 0 Å². The zero-order valence-electron chi connectivity index (χ0n) is 11.9. The van der Waals surface area contributed by atoms with Crippen molar-refractivity contribution in [3.05, 3.63) is 29.6 Å². The van der Waals surface area contributed by atoms with Gasteiger partial charge in [-0.25, -0.2) is 9.38 Å². The summed E-state index contributed by atoms with van der Waals surface area (Å²) in [6, 6.07) is 5.52. The van der Waals surface area contributed by atoms with Gasteiger partial charge in [0.1, 0.15) is 5.82 Å². The lowest BCUT2D eigenvalue weighted by Crippen LogP contribution is -2.41. The van der Waals surface area contributed by atoms with Crippen LogP contribution >= 0.6 is 11.8 Å². The van der Waals surface area contributed by atoms with Crippen LogP contribution in [0.15, 0.2) is 28.1 Å². The van der Waals surface area contributed by atoms with Crippen molar-refractivity contribution < 1.29 is 4.39 Å². The number of nitrogens with zero attached hydrogens (tertiary/aromatic N) is 1. The van der Waals surface area contributed by atoms with Gasteiger partial charge in [-0.15, -0.1) is 11.8 Å². The second-order valence-corrected chi connectivity index (χ2v) is 5.95. The molecule has 5 heteroatoms. The number of aliphatic imine (C=N–C) groups is 1. The minimum absolute atomic E-state index is 0.217. The van der Waals surface area contributed by atoms with Gasteiger partial charge in [0.2, 0.25) is 0 Å². The van der Waals surface area contributed by atoms with E-state index >= 15 is 0 Å². The number of hydrogen-bond donors (Lipinski definition) is 2. The quantitative estimate of drug-likeness (QED) is 0.509. The van der Waals surface area contributed by atoms with Crippen molar-refractivity contribution in [1.29, 1.82) is 0 Å². The summed E-state index contributed by atoms with van der Waals surface area (Å²) in [5.74, 6) is 0.207. The number of benzene rings is 1. The first kappa shape index (κ1) is 15.2. The molecular weight excluding hydrogens is 273 g/mol. The summed E-state index contributed by atoms with van der Waals surface area (Å²) >= 11 is 1.53. The first-order valence-electron chi connectivity index (χ1n) is 7.08. The third-order valence-corrected chi connectivity index (χ3v) is 4.48. The summed E-state index contributed by atoms with van der Waals surface area (Å²) in [4.78, 5) is 5.20. The first-order chi connectivity index (χ1) is 9.70. The number of halogens is 1. The Morgan fingerprint density at radius 1 is 1.40 bits per heavy atom. The molecule has 0 unspecified atom stereocenters. The number of guanidine groups is 1. The highest BCUT2D eigenvalue weighted by Crippen LogP contribution is 2.23. The third kappa shape index (κ3) is 4.13. The topological polar surface area (TPSA) is 50.4 Å². The summed E-state index contributed by atoms with van der Waals surface area (Å²) in [6.07, 6.45) is 8.02. The van der Waals surface area contributed by atoms with Crippen molar-refractivity contribution in [3.63, 3.8) is 0 Å². The van der Waals surface area contributed by atoms with E-state index in [0.29, 0.717) is 17.6 Å². The monoisotopic (exact) mass is 295 g/mol. The van der Waals surface area contributed by atoms with Gasteiger partial charge in [-0.05, 0) is 31.2 Å². The summed E-state index contributed by atoms with van der Waals surface area (Å²) in [5.41, 5.74) is 6.52. The predicted molar refractivity (Wildman–Crippen MR) is 83.5 cm³/mol. The molecule has 0 radical (unpaired) electrons. The molecule has 1 aliphatic carbocycles. The minimum atomic E-state index is -0.217. The highest BCUT2D eigenvalue weighted by atomic mass is 32.2. The van der Waals surface area contributed by atoms with Crippen molar-refractivity contribution >= 4 is 17.7 Å². The van der Waals surface area contributed by atoms with Crippen molar-refractivity contribution in [2.45, 2.75) is 49.6 Å². The zero-order valence-corrected chi connectivity index (χ0v) is 12.7. The van der Waals surface area contributed by atoms with Crippen LogP contribution in [0.4, 0.5) is 4.39 Å². The van der Waals surface area contributed by atoms with Crippen LogP contribution in [0.3, 0.4) is 0 Å². The fraction of sp³-hybridized carbons (Fsp3) is 0.533. The maximum atomic E-state index is 13.8. The van der Waals surface area contributed by atoms with E-state index in [9.17, 15) is 4.39 Å². The SMILES string of the molecule is CSc1cccc(F)c1CN=C(N)NC1CCCCC1. The summed E-state index contributed by atoms with van der Waals surface area (Å²) < 4.78 is 13.8. The molecule has 0 bridgehead atoms. The maximum absolute atomic E-state index is 13.8. The maximum Gasteiger partial charge on any atom is 0.189 e. The van der Waals surface area contributed by atoms with E-state index in [-0.39, 0.29) is 12.4 Å². The number of rotatable bonds is 4. The van der Waals surface area contributed by atoms with Crippen LogP contribution in [0.5, 0.6) is 0 Å². The van der Waals surface area contributed by atoms with E-state index in [0.717, 1.165) is 17.7 Å². The van der Waals surface area contributed by atoms with Crippen LogP contribution in [-0.4, -0.2) is 18.3 Å². The molecule has 0 aliphatic heterocycles. The van der Waals surface area contributed by atoms with Gasteiger partial charge in [0.15, 0.2) is 5.96 Å². The largest absolute Gasteiger partial charge is 0.370 e. The van der Waals surface area contributed by atoms with Gasteiger partial charge in [0.25, 0.3) is 0 Å². The summed E-state index contributed by atoms with van der Waals surface area (Å²) in [5, 5.41) is 3.24. The molecule has 1 fully saturated rings. The van der Waals surface area contributed by atoms with Gasteiger partial charge < -0.3 is 11.1 Å². The molecule has 0 saturated heterocycles. The first-order valence-corrected chi connectivity index (χ1v) is 8.31. The molecule has 3 N–H and O–H groups in total. The molecule has 110 valence electrons. The summed E-state index contributed by atoms with van der Waals surface area (Å²) in [7, 11) is 0. The number of nitrogens with two attached hydrogens (primary N) is 1. The van der Waals surface area contributed by atoms with Gasteiger partial charge >= 0.3 is 0 Å². The molecule has 0 spiro atoms. The Bertz CT molecular complexity index is 470. The molecule has 0 atom stereocenters. The van der Waals surface area contributed by atoms with E-state index in [2.05, 4.69) is 10.3 Å². The van der Waals surface area contributed by atoms with E-state index in [1.165, 1.54) is 37.1 Å². The van der Waals surface area contributed by atoms with E-state index in [4.69, 9.17) is 5.73 Å². The Balaban J connectivity index is 1.97. The smallest absolute Gasteiger partial charge is 0.189 e. The van der Waals surface area contributed by atoms with Gasteiger partial charge in [-0.2, -0.15) is 0 Å². The second kappa shape index (κ2) is 7.53. The molecule has 0 aromatic heterocycles. The Morgan fingerprint density at radius 3 is 2.85 bits per heavy atom. The second-order valence-electron chi connectivity index (χ2n) is 5.10. The van der Waals surface area contributed by atoms with Crippen molar-refractivity contribution in [2.24, 2.45) is 10.7 Å². The highest BCUT2D eigenvalue weighted by molar-refractivity contribution is 7.98. The molecule has 0 heterocycles. The standard InChI is InChI=1S/C15H22FN3S/c1-20-14-9-5-8-13(16)12(14)10-18-15(17)19-11-6-3-2-4-7-11/h5,8-9,11H,2-4,6-7,10H2,1H3,(H3,17,18,19). The van der Waals surface area contributed by atoms with Gasteiger partial charge in [0.05, 0.1) is 6.54 Å². The third-order valence-electron chi connectivity index (χ3n) is 3.66. The lowest BCUT2D eigenvalue weighted by Gasteiger charge is -2.23. The molecular formula is C15H22FN3S. The van der Waals surface area contributed by atoms with Crippen molar-refractivity contribution in [3.8, 4) is 0 Å². The molecule has 1 aromatic rings. The molecule has 20 heavy (non-hydrogen) atoms. The highest BCUT2D eigenvalue weighted by Gasteiger charge is 2.13. The molecule has 1 aliphatic rings. The van der Waals surface area contributed by atoms with E-state index in [1.54, 1.807) is 6.07 Å². The Hall–Kier alpha value is -1.23. The van der Waals surface area contributed by atoms with Gasteiger partial charge in [0, 0.05) is 16.5 Å². The minimum Gasteiger partial charge on any atom is -0.370 e. The lowest BCUT2D eigenvalue weighted by atomic mass is 9.96. The van der Waals surface area contributed by atoms with Crippen LogP contribution in [0.2, 0.25) is 0 Å². The predicted octanol–water partition coefficient (Wildman–Crippen LogP) is 3.28. The van der Waals surface area contributed by atoms with Crippen molar-refractivity contribution in [1.82, 2.24) is 5.32 Å². The van der Waals surface area contributed by atoms with E-state index in [1.807, 2.05) is 12.3 Å². The number of nitrogens with one attached hydrogen (secondary N) is 1. The van der Waals surface area contributed by atoms with Crippen molar-refractivity contribution in [2.75, 3.05) is 6.26 Å². The Morgan fingerprint density at radius 2 is 2.15 bits per heavy atom. The van der Waals surface area contributed by atoms with Gasteiger partial charge in [-0.3, -0.25) is 0 Å². The molecule has 2 rings (SSSR count). The molecule has 1 aromatic carbocycles. The van der Waals surface area contributed by atoms with Crippen LogP contribution < -0.4 is 11.1 Å². The molecule has 3 nitrogen and oxygen atoms in total. The molecule has 1 saturated carbocycles. The number of hydrogen-bond acceptors (Lipinski definition) is 2. The van der Waals surface area contributed by atoms with Gasteiger partial charge in [-0.1, -0.05) is 25.3 Å². The van der Waals surface area contributed by atoms with Crippen LogP contribution in [0.1, 0.15) is 37.7 Å². The Labute approximate surface area is 124 Å². The average Bonchev–Trinajstić information content (AvgIpc) is 2.46. The van der Waals surface area contributed by atoms with Crippen LogP contribution in [-0.2, 0) is 6.54 Å². The molecule has 0 amide bonds.